The van der Waals surface area contributed by atoms with Gasteiger partial charge in [-0.25, -0.2) is 0 Å². The fraction of sp³-hybridized carbons (Fsp3) is 0.273. The smallest absolute Gasteiger partial charge is 0.00345 e. The summed E-state index contributed by atoms with van der Waals surface area (Å²) in [5, 5.41) is 0. The molecule has 0 N–H and O–H groups in total. The third-order valence-corrected chi connectivity index (χ3v) is 2.95. The minimum atomic E-state index is 0.679. The summed E-state index contributed by atoms with van der Waals surface area (Å²) in [5.41, 5.74) is 2.92. The van der Waals surface area contributed by atoms with Crippen LogP contribution in [0.15, 0.2) is 30.3 Å². The maximum Gasteiger partial charge on any atom is 0.00345 e. The number of halogens is 1. The summed E-state index contributed by atoms with van der Waals surface area (Å²) in [5.74, 6) is 0.679. The Morgan fingerprint density at radius 2 is 2.08 bits per heavy atom. The number of hydrogen-bond donors (Lipinski definition) is 0. The molecule has 12 heavy (non-hydrogen) atoms. The van der Waals surface area contributed by atoms with Crippen LogP contribution in [0, 0.1) is 0 Å². The molecule has 0 aromatic heterocycles. The second kappa shape index (κ2) is 3.60. The largest absolute Gasteiger partial charge is 0.0863 e. The number of fused-ring (bicyclic) bond motifs is 1. The molecule has 0 nitrogen and oxygen atoms in total. The predicted molar refractivity (Wildman–Crippen MR) is 61.7 cm³/mol. The van der Waals surface area contributed by atoms with E-state index in [0.29, 0.717) is 5.92 Å². The minimum absolute atomic E-state index is 0.679. The molecular weight excluding hydrogens is 259 g/mol. The Labute approximate surface area is 86.8 Å². The molecule has 1 aromatic rings. The Bertz CT molecular complexity index is 302. The fourth-order valence-electron chi connectivity index (χ4n) is 1.69. The van der Waals surface area contributed by atoms with Gasteiger partial charge in [0.1, 0.15) is 0 Å². The van der Waals surface area contributed by atoms with Crippen molar-refractivity contribution in [3.63, 3.8) is 0 Å². The van der Waals surface area contributed by atoms with Crippen molar-refractivity contribution in [3.8, 4) is 0 Å². The Hall–Kier alpha value is -0.310. The first-order chi connectivity index (χ1) is 5.92. The van der Waals surface area contributed by atoms with Crippen LogP contribution in [-0.4, -0.2) is 4.43 Å². The van der Waals surface area contributed by atoms with Crippen molar-refractivity contribution < 1.29 is 0 Å². The average Bonchev–Trinajstić information content (AvgIpc) is 2.50. The van der Waals surface area contributed by atoms with Crippen LogP contribution in [-0.2, 0) is 0 Å². The highest BCUT2D eigenvalue weighted by Gasteiger charge is 2.14. The van der Waals surface area contributed by atoms with E-state index in [1.54, 1.807) is 0 Å². The van der Waals surface area contributed by atoms with E-state index in [0.717, 1.165) is 0 Å². The molecule has 0 fully saturated rings. The highest BCUT2D eigenvalue weighted by Crippen LogP contribution is 2.32. The lowest BCUT2D eigenvalue weighted by molar-refractivity contribution is 0.837. The summed E-state index contributed by atoms with van der Waals surface area (Å²) in [6, 6.07) is 8.67. The van der Waals surface area contributed by atoms with Gasteiger partial charge in [-0.3, -0.25) is 0 Å². The van der Waals surface area contributed by atoms with Crippen molar-refractivity contribution in [1.29, 1.82) is 0 Å². The minimum Gasteiger partial charge on any atom is -0.0863 e. The zero-order valence-electron chi connectivity index (χ0n) is 6.83. The van der Waals surface area contributed by atoms with E-state index in [9.17, 15) is 0 Å². The van der Waals surface area contributed by atoms with Gasteiger partial charge in [0.25, 0.3) is 0 Å². The van der Waals surface area contributed by atoms with Gasteiger partial charge in [-0.1, -0.05) is 59.0 Å². The molecule has 1 atom stereocenters. The number of alkyl halides is 1. The molecule has 62 valence electrons. The summed E-state index contributed by atoms with van der Waals surface area (Å²) in [7, 11) is 0. The lowest BCUT2D eigenvalue weighted by Crippen LogP contribution is -1.92. The molecule has 0 saturated heterocycles. The number of allylic oxidation sites excluding steroid dienone is 1. The summed E-state index contributed by atoms with van der Waals surface area (Å²) in [6.07, 6.45) is 5.84. The Balaban J connectivity index is 2.30. The van der Waals surface area contributed by atoms with Crippen LogP contribution in [0.1, 0.15) is 23.5 Å². The zero-order chi connectivity index (χ0) is 8.39. The van der Waals surface area contributed by atoms with Crippen LogP contribution in [0.25, 0.3) is 6.08 Å². The van der Waals surface area contributed by atoms with Gasteiger partial charge < -0.3 is 0 Å². The third-order valence-electron chi connectivity index (χ3n) is 2.32. The molecule has 2 rings (SSSR count). The Morgan fingerprint density at radius 1 is 1.25 bits per heavy atom. The molecule has 0 radical (unpaired) electrons. The maximum absolute atomic E-state index is 2.44. The van der Waals surface area contributed by atoms with Crippen molar-refractivity contribution in [2.24, 2.45) is 0 Å². The molecule has 0 aliphatic heterocycles. The predicted octanol–water partition coefficient (Wildman–Crippen LogP) is 3.62. The van der Waals surface area contributed by atoms with Gasteiger partial charge in [0, 0.05) is 10.3 Å². The Morgan fingerprint density at radius 3 is 2.92 bits per heavy atom. The van der Waals surface area contributed by atoms with Gasteiger partial charge in [-0.2, -0.15) is 0 Å². The maximum atomic E-state index is 2.44. The normalized spacial score (nSPS) is 19.6. The van der Waals surface area contributed by atoms with Crippen molar-refractivity contribution in [2.75, 3.05) is 4.43 Å². The second-order valence-corrected chi connectivity index (χ2v) is 4.15. The molecule has 0 amide bonds. The molecule has 1 aliphatic carbocycles. The van der Waals surface area contributed by atoms with E-state index in [1.807, 2.05) is 0 Å². The molecule has 1 aliphatic rings. The van der Waals surface area contributed by atoms with Gasteiger partial charge in [0.05, 0.1) is 0 Å². The van der Waals surface area contributed by atoms with Gasteiger partial charge in [0.15, 0.2) is 0 Å². The van der Waals surface area contributed by atoms with E-state index >= 15 is 0 Å². The van der Waals surface area contributed by atoms with Crippen LogP contribution < -0.4 is 0 Å². The monoisotopic (exact) mass is 270 g/mol. The molecule has 0 spiro atoms. The molecule has 0 heterocycles. The van der Waals surface area contributed by atoms with Crippen LogP contribution >= 0.6 is 22.6 Å². The highest BCUT2D eigenvalue weighted by molar-refractivity contribution is 14.1. The summed E-state index contributed by atoms with van der Waals surface area (Å²) in [4.78, 5) is 0. The zero-order valence-corrected chi connectivity index (χ0v) is 8.99. The van der Waals surface area contributed by atoms with E-state index in [4.69, 9.17) is 0 Å². The molecule has 0 bridgehead atoms. The third kappa shape index (κ3) is 1.42. The quantitative estimate of drug-likeness (QED) is 0.568. The van der Waals surface area contributed by atoms with Crippen LogP contribution in [0.2, 0.25) is 0 Å². The number of rotatable bonds is 2. The first-order valence-electron chi connectivity index (χ1n) is 4.25. The van der Waals surface area contributed by atoms with Crippen molar-refractivity contribution in [2.45, 2.75) is 12.3 Å². The van der Waals surface area contributed by atoms with Crippen molar-refractivity contribution >= 4 is 28.7 Å². The number of benzene rings is 1. The second-order valence-electron chi connectivity index (χ2n) is 3.07. The van der Waals surface area contributed by atoms with Crippen LogP contribution in [0.3, 0.4) is 0 Å². The average molecular weight is 270 g/mol. The molecule has 1 aromatic carbocycles. The van der Waals surface area contributed by atoms with Crippen LogP contribution in [0.4, 0.5) is 0 Å². The van der Waals surface area contributed by atoms with Gasteiger partial charge in [-0.15, -0.1) is 0 Å². The lowest BCUT2D eigenvalue weighted by Gasteiger charge is -2.07. The van der Waals surface area contributed by atoms with Crippen molar-refractivity contribution in [3.05, 3.63) is 41.5 Å². The van der Waals surface area contributed by atoms with Gasteiger partial charge >= 0.3 is 0 Å². The van der Waals surface area contributed by atoms with E-state index in [1.165, 1.54) is 22.0 Å². The first kappa shape index (κ1) is 8.30. The van der Waals surface area contributed by atoms with Crippen molar-refractivity contribution in [1.82, 2.24) is 0 Å². The van der Waals surface area contributed by atoms with Crippen LogP contribution in [0.5, 0.6) is 0 Å². The standard InChI is InChI=1S/C11H11I/c12-8-7-10-6-5-9-3-1-2-4-11(9)10/h1-6,10H,7-8H2. The molecule has 1 heteroatoms. The summed E-state index contributed by atoms with van der Waals surface area (Å²) in [6.45, 7) is 0. The fourth-order valence-corrected chi connectivity index (χ4v) is 2.36. The molecular formula is C11H11I. The SMILES string of the molecule is ICCC1C=Cc2ccccc21. The van der Waals surface area contributed by atoms with Gasteiger partial charge in [-0.05, 0) is 17.5 Å². The van der Waals surface area contributed by atoms with E-state index in [2.05, 4.69) is 59.0 Å². The Kier molecular flexibility index (Phi) is 2.49. The highest BCUT2D eigenvalue weighted by atomic mass is 127. The molecule has 0 saturated carbocycles. The van der Waals surface area contributed by atoms with E-state index < -0.39 is 0 Å². The number of hydrogen-bond acceptors (Lipinski definition) is 0. The summed E-state index contributed by atoms with van der Waals surface area (Å²) < 4.78 is 1.24. The molecule has 1 unspecified atom stereocenters. The van der Waals surface area contributed by atoms with Gasteiger partial charge in [0.2, 0.25) is 0 Å². The summed E-state index contributed by atoms with van der Waals surface area (Å²) >= 11 is 2.44. The topological polar surface area (TPSA) is 0 Å². The van der Waals surface area contributed by atoms with E-state index in [-0.39, 0.29) is 0 Å². The lowest BCUT2D eigenvalue weighted by atomic mass is 9.99. The first-order valence-corrected chi connectivity index (χ1v) is 5.77.